The van der Waals surface area contributed by atoms with E-state index in [-0.39, 0.29) is 7.92 Å². The van der Waals surface area contributed by atoms with Crippen LogP contribution < -0.4 is 0 Å². The van der Waals surface area contributed by atoms with Crippen LogP contribution in [0.3, 0.4) is 0 Å². The molecule has 0 nitrogen and oxygen atoms in total. The Morgan fingerprint density at radius 2 is 1.32 bits per heavy atom. The van der Waals surface area contributed by atoms with E-state index >= 15 is 0 Å². The lowest BCUT2D eigenvalue weighted by molar-refractivity contribution is 0.755. The minimum absolute atomic E-state index is 0.0910. The molecule has 0 aliphatic heterocycles. The first-order valence-corrected chi connectivity index (χ1v) is 11.4. The lowest BCUT2D eigenvalue weighted by atomic mass is 10.1. The van der Waals surface area contributed by atoms with Crippen molar-refractivity contribution in [2.24, 2.45) is 0 Å². The van der Waals surface area contributed by atoms with Crippen molar-refractivity contribution >= 4 is 31.1 Å². The van der Waals surface area contributed by atoms with E-state index < -0.39 is 4.84 Å². The van der Waals surface area contributed by atoms with E-state index in [1.165, 1.54) is 56.4 Å². The van der Waals surface area contributed by atoms with Crippen molar-refractivity contribution < 1.29 is 0 Å². The van der Waals surface area contributed by atoms with E-state index in [1.54, 1.807) is 0 Å². The van der Waals surface area contributed by atoms with Gasteiger partial charge in [-0.2, -0.15) is 0 Å². The number of alkyl halides is 2. The van der Waals surface area contributed by atoms with E-state index in [2.05, 4.69) is 45.0 Å². The second-order valence-corrected chi connectivity index (χ2v) is 9.81. The summed E-state index contributed by atoms with van der Waals surface area (Å²) in [4.78, 5) is -0.416. The Labute approximate surface area is 148 Å². The molecule has 126 valence electrons. The summed E-state index contributed by atoms with van der Waals surface area (Å²) >= 11 is 11.9. The summed E-state index contributed by atoms with van der Waals surface area (Å²) in [5.41, 5.74) is 3.25. The van der Waals surface area contributed by atoms with Crippen LogP contribution in [-0.2, 0) is 0 Å². The normalized spacial score (nSPS) is 13.0. The lowest BCUT2D eigenvalue weighted by Crippen LogP contribution is -2.04. The molecule has 1 aromatic carbocycles. The summed E-state index contributed by atoms with van der Waals surface area (Å²) in [5.74, 6) is 0. The molecular formula is C19H31Cl2P. The summed E-state index contributed by atoms with van der Waals surface area (Å²) in [6, 6.07) is 8.74. The van der Waals surface area contributed by atoms with Crippen molar-refractivity contribution in [1.82, 2.24) is 0 Å². The van der Waals surface area contributed by atoms with Crippen LogP contribution in [-0.4, -0.2) is 12.3 Å². The second kappa shape index (κ2) is 11.7. The quantitative estimate of drug-likeness (QED) is 0.276. The third kappa shape index (κ3) is 6.77. The number of hydrogen-bond donors (Lipinski definition) is 0. The monoisotopic (exact) mass is 360 g/mol. The number of benzene rings is 1. The summed E-state index contributed by atoms with van der Waals surface area (Å²) in [5, 5.41) is 0. The highest BCUT2D eigenvalue weighted by molar-refractivity contribution is 7.58. The van der Waals surface area contributed by atoms with E-state index in [1.807, 2.05) is 0 Å². The van der Waals surface area contributed by atoms with Crippen LogP contribution in [0, 0.1) is 0 Å². The third-order valence-corrected chi connectivity index (χ3v) is 7.90. The predicted octanol–water partition coefficient (Wildman–Crippen LogP) is 8.09. The van der Waals surface area contributed by atoms with Crippen molar-refractivity contribution in [3.63, 3.8) is 0 Å². The van der Waals surface area contributed by atoms with Crippen molar-refractivity contribution in [1.29, 1.82) is 0 Å². The highest BCUT2D eigenvalue weighted by atomic mass is 35.5. The van der Waals surface area contributed by atoms with Gasteiger partial charge in [0.25, 0.3) is 0 Å². The molecule has 0 radical (unpaired) electrons. The average Bonchev–Trinajstić information content (AvgIpc) is 2.53. The lowest BCUT2D eigenvalue weighted by Gasteiger charge is -2.28. The van der Waals surface area contributed by atoms with Crippen molar-refractivity contribution in [2.45, 2.75) is 69.8 Å². The number of halogens is 2. The van der Waals surface area contributed by atoms with Crippen LogP contribution in [0.1, 0.15) is 80.9 Å². The highest BCUT2D eigenvalue weighted by Gasteiger charge is 2.21. The van der Waals surface area contributed by atoms with Gasteiger partial charge in [-0.15, -0.1) is 23.2 Å². The Morgan fingerprint density at radius 1 is 0.818 bits per heavy atom. The molecule has 1 atom stereocenters. The topological polar surface area (TPSA) is 0 Å². The van der Waals surface area contributed by atoms with Crippen LogP contribution in [0.25, 0.3) is 0 Å². The summed E-state index contributed by atoms with van der Waals surface area (Å²) in [7, 11) is 0.0910. The minimum Gasteiger partial charge on any atom is -0.100 e. The van der Waals surface area contributed by atoms with Gasteiger partial charge in [-0.25, -0.2) is 0 Å². The maximum absolute atomic E-state index is 5.97. The first-order chi connectivity index (χ1) is 10.6. The Bertz CT molecular complexity index is 381. The van der Waals surface area contributed by atoms with E-state index in [0.717, 1.165) is 11.2 Å². The van der Waals surface area contributed by atoms with Gasteiger partial charge in [0.2, 0.25) is 0 Å². The molecule has 0 saturated heterocycles. The summed E-state index contributed by atoms with van der Waals surface area (Å²) in [6.07, 6.45) is 10.8. The van der Waals surface area contributed by atoms with E-state index in [0.29, 0.717) is 0 Å². The molecule has 0 fully saturated rings. The van der Waals surface area contributed by atoms with Crippen LogP contribution in [0.4, 0.5) is 0 Å². The van der Waals surface area contributed by atoms with Gasteiger partial charge in [-0.1, -0.05) is 72.2 Å². The molecule has 0 heterocycles. The van der Waals surface area contributed by atoms with Crippen LogP contribution in [0.5, 0.6) is 0 Å². The van der Waals surface area contributed by atoms with E-state index in [4.69, 9.17) is 23.2 Å². The molecule has 1 rings (SSSR count). The standard InChI is InChI=1S/C19H31Cl2P/c1-4-7-14-22(15-8-5-2)18(9-6-3)16-10-12-17(13-11-16)19(20)21/h10-13,18-19H,4-9,14-15H2,1-3H3. The summed E-state index contributed by atoms with van der Waals surface area (Å²) in [6.45, 7) is 6.91. The number of rotatable bonds is 11. The third-order valence-electron chi connectivity index (χ3n) is 4.17. The second-order valence-electron chi connectivity index (χ2n) is 6.01. The summed E-state index contributed by atoms with van der Waals surface area (Å²) < 4.78 is 0. The van der Waals surface area contributed by atoms with Crippen molar-refractivity contribution in [3.05, 3.63) is 35.4 Å². The maximum atomic E-state index is 5.97. The Hall–Kier alpha value is 0.230. The van der Waals surface area contributed by atoms with Gasteiger partial charge in [0.05, 0.1) is 0 Å². The molecule has 1 unspecified atom stereocenters. The number of hydrogen-bond acceptors (Lipinski definition) is 0. The fraction of sp³-hybridized carbons (Fsp3) is 0.684. The van der Waals surface area contributed by atoms with Crippen LogP contribution >= 0.6 is 31.1 Å². The number of unbranched alkanes of at least 4 members (excludes halogenated alkanes) is 2. The average molecular weight is 361 g/mol. The zero-order valence-corrected chi connectivity index (χ0v) is 16.7. The molecule has 0 amide bonds. The zero-order chi connectivity index (χ0) is 16.4. The molecule has 0 saturated carbocycles. The van der Waals surface area contributed by atoms with Gasteiger partial charge in [-0.05, 0) is 42.7 Å². The van der Waals surface area contributed by atoms with Gasteiger partial charge in [0.15, 0.2) is 0 Å². The molecule has 1 aromatic rings. The fourth-order valence-electron chi connectivity index (χ4n) is 2.84. The van der Waals surface area contributed by atoms with Crippen LogP contribution in [0.2, 0.25) is 0 Å². The highest BCUT2D eigenvalue weighted by Crippen LogP contribution is 2.54. The Balaban J connectivity index is 2.90. The van der Waals surface area contributed by atoms with Gasteiger partial charge < -0.3 is 0 Å². The van der Waals surface area contributed by atoms with Gasteiger partial charge in [0, 0.05) is 5.66 Å². The Morgan fingerprint density at radius 3 is 1.73 bits per heavy atom. The molecule has 0 spiro atoms. The SMILES string of the molecule is CCCCP(CCCC)C(CCC)c1ccc(C(Cl)Cl)cc1. The molecule has 0 aliphatic rings. The molecular weight excluding hydrogens is 330 g/mol. The largest absolute Gasteiger partial charge is 0.132 e. The molecule has 0 bridgehead atoms. The fourth-order valence-corrected chi connectivity index (χ4v) is 6.64. The van der Waals surface area contributed by atoms with Gasteiger partial charge >= 0.3 is 0 Å². The van der Waals surface area contributed by atoms with Crippen molar-refractivity contribution in [2.75, 3.05) is 12.3 Å². The van der Waals surface area contributed by atoms with E-state index in [9.17, 15) is 0 Å². The van der Waals surface area contributed by atoms with Gasteiger partial charge in [0.1, 0.15) is 4.84 Å². The smallest absolute Gasteiger partial charge is 0.100 e. The van der Waals surface area contributed by atoms with Crippen LogP contribution in [0.15, 0.2) is 24.3 Å². The first kappa shape index (κ1) is 20.3. The van der Waals surface area contributed by atoms with Gasteiger partial charge in [-0.3, -0.25) is 0 Å². The minimum atomic E-state index is -0.416. The molecule has 0 aliphatic carbocycles. The maximum Gasteiger partial charge on any atom is 0.132 e. The molecule has 3 heteroatoms. The Kier molecular flexibility index (Phi) is 10.8. The molecule has 22 heavy (non-hydrogen) atoms. The zero-order valence-electron chi connectivity index (χ0n) is 14.3. The van der Waals surface area contributed by atoms with Crippen molar-refractivity contribution in [3.8, 4) is 0 Å². The molecule has 0 aromatic heterocycles. The molecule has 0 N–H and O–H groups in total. The predicted molar refractivity (Wildman–Crippen MR) is 105 cm³/mol. The first-order valence-electron chi connectivity index (χ1n) is 8.76.